The van der Waals surface area contributed by atoms with E-state index in [0.717, 1.165) is 12.1 Å². The molecule has 0 saturated heterocycles. The molecule has 0 aliphatic rings. The van der Waals surface area contributed by atoms with Gasteiger partial charge in [0, 0.05) is 11.8 Å². The summed E-state index contributed by atoms with van der Waals surface area (Å²) in [7, 11) is 0. The summed E-state index contributed by atoms with van der Waals surface area (Å²) in [5, 5.41) is 10.1. The normalized spacial score (nSPS) is 13.2. The molecular formula is C15H14F3NO2. The van der Waals surface area contributed by atoms with Crippen LogP contribution in [-0.4, -0.2) is 9.67 Å². The fraction of sp³-hybridized carbons (Fsp3) is 0.267. The van der Waals surface area contributed by atoms with Gasteiger partial charge in [-0.3, -0.25) is 4.79 Å². The highest BCUT2D eigenvalue weighted by atomic mass is 19.4. The Hall–Kier alpha value is -2.08. The third-order valence-corrected chi connectivity index (χ3v) is 3.18. The van der Waals surface area contributed by atoms with Gasteiger partial charge in [-0.15, -0.1) is 0 Å². The molecule has 0 fully saturated rings. The lowest BCUT2D eigenvalue weighted by molar-refractivity contribution is -0.137. The number of aliphatic hydroxyl groups is 1. The minimum Gasteiger partial charge on any atom is -0.387 e. The van der Waals surface area contributed by atoms with Gasteiger partial charge in [-0.25, -0.2) is 0 Å². The Labute approximate surface area is 119 Å². The number of aryl methyl sites for hydroxylation is 1. The number of hydrogen-bond donors (Lipinski definition) is 1. The molecule has 2 rings (SSSR count). The van der Waals surface area contributed by atoms with Gasteiger partial charge in [0.05, 0.1) is 18.2 Å². The molecule has 0 bridgehead atoms. The smallest absolute Gasteiger partial charge is 0.387 e. The summed E-state index contributed by atoms with van der Waals surface area (Å²) in [4.78, 5) is 11.8. The third kappa shape index (κ3) is 3.52. The van der Waals surface area contributed by atoms with Crippen LogP contribution in [0.4, 0.5) is 13.2 Å². The van der Waals surface area contributed by atoms with E-state index in [-0.39, 0.29) is 17.7 Å². The van der Waals surface area contributed by atoms with E-state index in [9.17, 15) is 23.1 Å². The van der Waals surface area contributed by atoms with Crippen LogP contribution in [0.2, 0.25) is 0 Å². The molecule has 6 heteroatoms. The van der Waals surface area contributed by atoms with Crippen molar-refractivity contribution in [2.75, 3.05) is 0 Å². The van der Waals surface area contributed by atoms with E-state index >= 15 is 0 Å². The van der Waals surface area contributed by atoms with Gasteiger partial charge in [-0.05, 0) is 30.7 Å². The number of aliphatic hydroxyl groups excluding tert-OH is 1. The zero-order valence-electron chi connectivity index (χ0n) is 11.3. The topological polar surface area (TPSA) is 42.2 Å². The van der Waals surface area contributed by atoms with Crippen molar-refractivity contribution in [3.05, 3.63) is 69.6 Å². The standard InChI is InChI=1S/C15H14F3NO2/c1-10-4-3-7-19(14(10)21)9-13(20)11-5-2-6-12(8-11)15(16,17)18/h2-8,13,20H,9H2,1H3. The quantitative estimate of drug-likeness (QED) is 0.946. The molecule has 0 radical (unpaired) electrons. The lowest BCUT2D eigenvalue weighted by Gasteiger charge is -2.15. The van der Waals surface area contributed by atoms with Crippen molar-refractivity contribution in [2.24, 2.45) is 0 Å². The lowest BCUT2D eigenvalue weighted by Crippen LogP contribution is -2.24. The van der Waals surface area contributed by atoms with Gasteiger partial charge >= 0.3 is 6.18 Å². The van der Waals surface area contributed by atoms with Crippen LogP contribution >= 0.6 is 0 Å². The fourth-order valence-corrected chi connectivity index (χ4v) is 2.01. The van der Waals surface area contributed by atoms with Crippen LogP contribution in [-0.2, 0) is 12.7 Å². The van der Waals surface area contributed by atoms with Crippen LogP contribution in [0.25, 0.3) is 0 Å². The maximum Gasteiger partial charge on any atom is 0.416 e. The molecular weight excluding hydrogens is 283 g/mol. The molecule has 1 aromatic heterocycles. The first-order valence-corrected chi connectivity index (χ1v) is 6.30. The Balaban J connectivity index is 2.27. The van der Waals surface area contributed by atoms with Crippen LogP contribution in [0, 0.1) is 6.92 Å². The van der Waals surface area contributed by atoms with E-state index < -0.39 is 17.8 Å². The number of alkyl halides is 3. The number of aromatic nitrogens is 1. The Morgan fingerprint density at radius 1 is 1.24 bits per heavy atom. The second-order valence-corrected chi connectivity index (χ2v) is 4.79. The van der Waals surface area contributed by atoms with E-state index in [1.54, 1.807) is 19.1 Å². The largest absolute Gasteiger partial charge is 0.416 e. The summed E-state index contributed by atoms with van der Waals surface area (Å²) >= 11 is 0. The summed E-state index contributed by atoms with van der Waals surface area (Å²) < 4.78 is 39.2. The van der Waals surface area contributed by atoms with Crippen LogP contribution in [0.1, 0.15) is 22.8 Å². The maximum atomic E-state index is 12.6. The molecule has 0 spiro atoms. The molecule has 1 atom stereocenters. The molecule has 3 nitrogen and oxygen atoms in total. The molecule has 0 aliphatic heterocycles. The van der Waals surface area contributed by atoms with E-state index in [0.29, 0.717) is 5.56 Å². The summed E-state index contributed by atoms with van der Waals surface area (Å²) in [5.74, 6) is 0. The Bertz CT molecular complexity index is 692. The second-order valence-electron chi connectivity index (χ2n) is 4.79. The van der Waals surface area contributed by atoms with Gasteiger partial charge in [-0.2, -0.15) is 13.2 Å². The molecule has 2 aromatic rings. The van der Waals surface area contributed by atoms with Crippen molar-refractivity contribution >= 4 is 0 Å². The molecule has 0 saturated carbocycles. The number of nitrogens with zero attached hydrogens (tertiary/aromatic N) is 1. The predicted molar refractivity (Wildman–Crippen MR) is 71.8 cm³/mol. The van der Waals surface area contributed by atoms with Crippen LogP contribution in [0.3, 0.4) is 0 Å². The van der Waals surface area contributed by atoms with E-state index in [2.05, 4.69) is 0 Å². The third-order valence-electron chi connectivity index (χ3n) is 3.18. The van der Waals surface area contributed by atoms with Crippen molar-refractivity contribution in [2.45, 2.75) is 25.7 Å². The zero-order chi connectivity index (χ0) is 15.6. The number of halogens is 3. The molecule has 112 valence electrons. The van der Waals surface area contributed by atoms with Crippen molar-refractivity contribution in [1.82, 2.24) is 4.57 Å². The van der Waals surface area contributed by atoms with E-state index in [1.807, 2.05) is 0 Å². The highest BCUT2D eigenvalue weighted by Gasteiger charge is 2.30. The number of hydrogen-bond acceptors (Lipinski definition) is 2. The molecule has 21 heavy (non-hydrogen) atoms. The first-order valence-electron chi connectivity index (χ1n) is 6.30. The van der Waals surface area contributed by atoms with E-state index in [4.69, 9.17) is 0 Å². The maximum absolute atomic E-state index is 12.6. The van der Waals surface area contributed by atoms with Crippen LogP contribution in [0.5, 0.6) is 0 Å². The first kappa shape index (κ1) is 15.3. The average molecular weight is 297 g/mol. The van der Waals surface area contributed by atoms with Gasteiger partial charge in [0.15, 0.2) is 0 Å². The summed E-state index contributed by atoms with van der Waals surface area (Å²) in [6.07, 6.45) is -4.16. The number of rotatable bonds is 3. The van der Waals surface area contributed by atoms with Crippen LogP contribution < -0.4 is 5.56 Å². The Morgan fingerprint density at radius 3 is 2.62 bits per heavy atom. The first-order chi connectivity index (χ1) is 9.79. The lowest BCUT2D eigenvalue weighted by atomic mass is 10.1. The minimum absolute atomic E-state index is 0.0954. The summed E-state index contributed by atoms with van der Waals surface area (Å²) in [6.45, 7) is 1.54. The van der Waals surface area contributed by atoms with Crippen LogP contribution in [0.15, 0.2) is 47.4 Å². The van der Waals surface area contributed by atoms with Crippen molar-refractivity contribution < 1.29 is 18.3 Å². The number of benzene rings is 1. The molecule has 0 amide bonds. The molecule has 1 aromatic carbocycles. The zero-order valence-corrected chi connectivity index (χ0v) is 11.3. The monoisotopic (exact) mass is 297 g/mol. The van der Waals surface area contributed by atoms with Gasteiger partial charge in [-0.1, -0.05) is 18.2 Å². The predicted octanol–water partition coefficient (Wildman–Crippen LogP) is 2.91. The van der Waals surface area contributed by atoms with E-state index in [1.165, 1.54) is 22.9 Å². The van der Waals surface area contributed by atoms with Gasteiger partial charge in [0.1, 0.15) is 0 Å². The summed E-state index contributed by atoms with van der Waals surface area (Å²) in [6, 6.07) is 7.76. The minimum atomic E-state index is -4.46. The van der Waals surface area contributed by atoms with Crippen molar-refractivity contribution in [3.63, 3.8) is 0 Å². The molecule has 1 heterocycles. The SMILES string of the molecule is Cc1cccn(CC(O)c2cccc(C(F)(F)F)c2)c1=O. The second kappa shape index (κ2) is 5.73. The molecule has 0 aliphatic carbocycles. The fourth-order valence-electron chi connectivity index (χ4n) is 2.01. The van der Waals surface area contributed by atoms with Gasteiger partial charge in [0.25, 0.3) is 5.56 Å². The van der Waals surface area contributed by atoms with Crippen molar-refractivity contribution in [1.29, 1.82) is 0 Å². The Morgan fingerprint density at radius 2 is 1.95 bits per heavy atom. The van der Waals surface area contributed by atoms with Crippen molar-refractivity contribution in [3.8, 4) is 0 Å². The van der Waals surface area contributed by atoms with Gasteiger partial charge in [0.2, 0.25) is 0 Å². The highest BCUT2D eigenvalue weighted by molar-refractivity contribution is 5.27. The average Bonchev–Trinajstić information content (AvgIpc) is 2.43. The van der Waals surface area contributed by atoms with Gasteiger partial charge < -0.3 is 9.67 Å². The molecule has 1 N–H and O–H groups in total. The molecule has 1 unspecified atom stereocenters. The Kier molecular flexibility index (Phi) is 4.18. The highest BCUT2D eigenvalue weighted by Crippen LogP contribution is 2.30. The number of pyridine rings is 1. The summed E-state index contributed by atoms with van der Waals surface area (Å²) in [5.41, 5.74) is -0.467.